The third-order valence-corrected chi connectivity index (χ3v) is 5.03. The number of halogens is 2. The molecule has 0 spiro atoms. The second kappa shape index (κ2) is 7.08. The van der Waals surface area contributed by atoms with Crippen molar-refractivity contribution in [3.63, 3.8) is 0 Å². The molecule has 1 saturated heterocycles. The molecule has 0 radical (unpaired) electrons. The van der Waals surface area contributed by atoms with Crippen LogP contribution in [-0.2, 0) is 6.42 Å². The highest BCUT2D eigenvalue weighted by atomic mass is 35.5. The van der Waals surface area contributed by atoms with Crippen LogP contribution in [0.25, 0.3) is 0 Å². The molecular formula is C17H25ClFNO. The van der Waals surface area contributed by atoms with Crippen molar-refractivity contribution in [1.82, 2.24) is 4.90 Å². The van der Waals surface area contributed by atoms with E-state index in [1.807, 2.05) is 0 Å². The van der Waals surface area contributed by atoms with Gasteiger partial charge in [0.05, 0.1) is 6.10 Å². The number of hydrogen-bond donors (Lipinski definition) is 1. The van der Waals surface area contributed by atoms with E-state index >= 15 is 0 Å². The Kier molecular flexibility index (Phi) is 5.64. The number of rotatable bonds is 4. The van der Waals surface area contributed by atoms with Crippen molar-refractivity contribution in [3.8, 4) is 0 Å². The quantitative estimate of drug-likeness (QED) is 0.907. The lowest BCUT2D eigenvalue weighted by Crippen LogP contribution is -2.53. The van der Waals surface area contributed by atoms with Crippen LogP contribution >= 0.6 is 11.6 Å². The van der Waals surface area contributed by atoms with Crippen LogP contribution in [0, 0.1) is 5.82 Å². The zero-order valence-corrected chi connectivity index (χ0v) is 13.7. The molecule has 1 heterocycles. The average Bonchev–Trinajstić information content (AvgIpc) is 2.72. The minimum atomic E-state index is -0.574. The molecule has 118 valence electrons. The first-order valence-electron chi connectivity index (χ1n) is 7.78. The first kappa shape index (κ1) is 16.7. The van der Waals surface area contributed by atoms with Gasteiger partial charge < -0.3 is 5.11 Å². The zero-order chi connectivity index (χ0) is 15.5. The van der Waals surface area contributed by atoms with E-state index in [1.54, 1.807) is 6.07 Å². The third-order valence-electron chi connectivity index (χ3n) is 4.66. The summed E-state index contributed by atoms with van der Waals surface area (Å²) < 4.78 is 13.4. The topological polar surface area (TPSA) is 23.5 Å². The van der Waals surface area contributed by atoms with Crippen LogP contribution in [-0.4, -0.2) is 34.7 Å². The second-order valence-electron chi connectivity index (χ2n) is 6.51. The largest absolute Gasteiger partial charge is 0.391 e. The molecule has 1 aliphatic heterocycles. The standard InChI is InChI=1S/C17H25ClFNO/c1-17(2,20-9-5-3-4-6-10-20)16(21)12-13-11-14(19)7-8-15(13)18/h7-8,11,16,21H,3-6,9-10,12H2,1-2H3. The van der Waals surface area contributed by atoms with Crippen molar-refractivity contribution in [2.45, 2.75) is 57.6 Å². The van der Waals surface area contributed by atoms with Gasteiger partial charge in [-0.15, -0.1) is 0 Å². The minimum absolute atomic E-state index is 0.311. The number of benzene rings is 1. The third kappa shape index (κ3) is 4.18. The first-order chi connectivity index (χ1) is 9.91. The Balaban J connectivity index is 2.09. The Morgan fingerprint density at radius 3 is 2.48 bits per heavy atom. The van der Waals surface area contributed by atoms with Crippen molar-refractivity contribution in [3.05, 3.63) is 34.6 Å². The summed E-state index contributed by atoms with van der Waals surface area (Å²) in [6.45, 7) is 6.16. The monoisotopic (exact) mass is 313 g/mol. The lowest BCUT2D eigenvalue weighted by Gasteiger charge is -2.41. The number of aliphatic hydroxyl groups is 1. The first-order valence-corrected chi connectivity index (χ1v) is 8.16. The van der Waals surface area contributed by atoms with Crippen LogP contribution in [0.1, 0.15) is 45.1 Å². The molecule has 1 unspecified atom stereocenters. The number of nitrogens with zero attached hydrogens (tertiary/aromatic N) is 1. The maximum absolute atomic E-state index is 13.4. The summed E-state index contributed by atoms with van der Waals surface area (Å²) >= 11 is 6.11. The highest BCUT2D eigenvalue weighted by molar-refractivity contribution is 6.31. The molecule has 1 aromatic carbocycles. The summed E-state index contributed by atoms with van der Waals surface area (Å²) in [5.41, 5.74) is 0.340. The smallest absolute Gasteiger partial charge is 0.123 e. The molecule has 4 heteroatoms. The Labute approximate surface area is 131 Å². The normalized spacial score (nSPS) is 19.3. The SMILES string of the molecule is CC(C)(C(O)Cc1cc(F)ccc1Cl)N1CCCCCC1. The van der Waals surface area contributed by atoms with Gasteiger partial charge in [0, 0.05) is 17.0 Å². The van der Waals surface area contributed by atoms with Gasteiger partial charge in [-0.05, 0) is 63.5 Å². The van der Waals surface area contributed by atoms with E-state index in [4.69, 9.17) is 11.6 Å². The average molecular weight is 314 g/mol. The molecule has 1 atom stereocenters. The van der Waals surface area contributed by atoms with E-state index in [0.29, 0.717) is 17.0 Å². The Morgan fingerprint density at radius 1 is 1.24 bits per heavy atom. The van der Waals surface area contributed by atoms with Gasteiger partial charge in [-0.3, -0.25) is 4.90 Å². The lowest BCUT2D eigenvalue weighted by atomic mass is 9.89. The zero-order valence-electron chi connectivity index (χ0n) is 12.9. The predicted molar refractivity (Wildman–Crippen MR) is 85.2 cm³/mol. The predicted octanol–water partition coefficient (Wildman–Crippen LogP) is 4.04. The number of likely N-dealkylation sites (tertiary alicyclic amines) is 1. The van der Waals surface area contributed by atoms with Gasteiger partial charge in [0.25, 0.3) is 0 Å². The fourth-order valence-corrected chi connectivity index (χ4v) is 3.21. The van der Waals surface area contributed by atoms with Crippen molar-refractivity contribution in [2.75, 3.05) is 13.1 Å². The Morgan fingerprint density at radius 2 is 1.86 bits per heavy atom. The van der Waals surface area contributed by atoms with Crippen LogP contribution in [0.5, 0.6) is 0 Å². The van der Waals surface area contributed by atoms with Crippen LogP contribution in [0.3, 0.4) is 0 Å². The lowest BCUT2D eigenvalue weighted by molar-refractivity contribution is -0.00787. The van der Waals surface area contributed by atoms with Crippen molar-refractivity contribution >= 4 is 11.6 Å². The molecule has 1 fully saturated rings. The van der Waals surface area contributed by atoms with E-state index in [0.717, 1.165) is 13.1 Å². The van der Waals surface area contributed by atoms with Gasteiger partial charge in [-0.25, -0.2) is 4.39 Å². The summed E-state index contributed by atoms with van der Waals surface area (Å²) in [5, 5.41) is 11.2. The van der Waals surface area contributed by atoms with E-state index in [2.05, 4.69) is 18.7 Å². The molecule has 1 N–H and O–H groups in total. The summed E-state index contributed by atoms with van der Waals surface area (Å²) in [4.78, 5) is 2.36. The molecular weight excluding hydrogens is 289 g/mol. The maximum atomic E-state index is 13.4. The van der Waals surface area contributed by atoms with Gasteiger partial charge in [-0.1, -0.05) is 24.4 Å². The summed E-state index contributed by atoms with van der Waals surface area (Å²) in [5.74, 6) is -0.311. The van der Waals surface area contributed by atoms with Gasteiger partial charge in [0.2, 0.25) is 0 Å². The van der Waals surface area contributed by atoms with E-state index < -0.39 is 6.10 Å². The van der Waals surface area contributed by atoms with Gasteiger partial charge >= 0.3 is 0 Å². The van der Waals surface area contributed by atoms with Gasteiger partial charge in [0.1, 0.15) is 5.82 Å². The molecule has 2 nitrogen and oxygen atoms in total. The minimum Gasteiger partial charge on any atom is -0.391 e. The van der Waals surface area contributed by atoms with Crippen LogP contribution in [0.15, 0.2) is 18.2 Å². The second-order valence-corrected chi connectivity index (χ2v) is 6.92. The van der Waals surface area contributed by atoms with Crippen molar-refractivity contribution < 1.29 is 9.50 Å². The fraction of sp³-hybridized carbons (Fsp3) is 0.647. The van der Waals surface area contributed by atoms with Gasteiger partial charge in [0.15, 0.2) is 0 Å². The van der Waals surface area contributed by atoms with E-state index in [9.17, 15) is 9.50 Å². The maximum Gasteiger partial charge on any atom is 0.123 e. The molecule has 0 bridgehead atoms. The molecule has 0 aromatic heterocycles. The van der Waals surface area contributed by atoms with Crippen LogP contribution in [0.4, 0.5) is 4.39 Å². The molecule has 21 heavy (non-hydrogen) atoms. The summed E-state index contributed by atoms with van der Waals surface area (Å²) in [6, 6.07) is 4.32. The molecule has 1 aromatic rings. The number of aliphatic hydroxyl groups excluding tert-OH is 1. The van der Waals surface area contributed by atoms with Crippen molar-refractivity contribution in [2.24, 2.45) is 0 Å². The fourth-order valence-electron chi connectivity index (χ4n) is 3.02. The van der Waals surface area contributed by atoms with Crippen LogP contribution < -0.4 is 0 Å². The highest BCUT2D eigenvalue weighted by Crippen LogP contribution is 2.27. The summed E-state index contributed by atoms with van der Waals surface area (Å²) in [6.07, 6.45) is 4.68. The van der Waals surface area contributed by atoms with Gasteiger partial charge in [-0.2, -0.15) is 0 Å². The highest BCUT2D eigenvalue weighted by Gasteiger charge is 2.34. The molecule has 0 amide bonds. The van der Waals surface area contributed by atoms with E-state index in [-0.39, 0.29) is 11.4 Å². The van der Waals surface area contributed by atoms with Crippen LogP contribution in [0.2, 0.25) is 5.02 Å². The Hall–Kier alpha value is -0.640. The van der Waals surface area contributed by atoms with E-state index in [1.165, 1.54) is 37.8 Å². The summed E-state index contributed by atoms with van der Waals surface area (Å²) in [7, 11) is 0. The number of hydrogen-bond acceptors (Lipinski definition) is 2. The molecule has 0 aliphatic carbocycles. The molecule has 2 rings (SSSR count). The Bertz CT molecular complexity index is 470. The molecule has 1 aliphatic rings. The molecule has 0 saturated carbocycles. The van der Waals surface area contributed by atoms with Crippen molar-refractivity contribution in [1.29, 1.82) is 0 Å².